The van der Waals surface area contributed by atoms with E-state index in [-0.39, 0.29) is 24.2 Å². The summed E-state index contributed by atoms with van der Waals surface area (Å²) in [5.41, 5.74) is 0. The first-order valence-corrected chi connectivity index (χ1v) is 5.99. The molecule has 0 spiro atoms. The number of ether oxygens (including phenoxy) is 1. The van der Waals surface area contributed by atoms with Crippen LogP contribution in [-0.2, 0) is 19.1 Å². The summed E-state index contributed by atoms with van der Waals surface area (Å²) in [5.74, 6) is -1.70. The lowest BCUT2D eigenvalue weighted by atomic mass is 10.1. The fourth-order valence-electron chi connectivity index (χ4n) is 2.03. The molecule has 0 aromatic rings. The summed E-state index contributed by atoms with van der Waals surface area (Å²) in [6, 6.07) is -0.987. The zero-order valence-corrected chi connectivity index (χ0v) is 10.9. The number of carbonyl (C=O) groups excluding carboxylic acids is 2. The summed E-state index contributed by atoms with van der Waals surface area (Å²) in [5, 5.41) is 9.19. The van der Waals surface area contributed by atoms with Gasteiger partial charge in [0.2, 0.25) is 5.91 Å². The van der Waals surface area contributed by atoms with Crippen LogP contribution in [0.15, 0.2) is 0 Å². The molecule has 0 radical (unpaired) electrons. The number of carboxylic acids is 1. The Labute approximate surface area is 106 Å². The zero-order valence-electron chi connectivity index (χ0n) is 10.9. The van der Waals surface area contributed by atoms with E-state index in [1.54, 1.807) is 13.8 Å². The van der Waals surface area contributed by atoms with E-state index in [0.717, 1.165) is 0 Å². The van der Waals surface area contributed by atoms with Gasteiger partial charge in [-0.2, -0.15) is 0 Å². The number of hydrogen-bond donors (Lipinski definition) is 1. The number of nitrogens with zero attached hydrogens (tertiary/aromatic N) is 1. The van der Waals surface area contributed by atoms with E-state index in [9.17, 15) is 19.5 Å². The lowest BCUT2D eigenvalue weighted by Crippen LogP contribution is -2.47. The van der Waals surface area contributed by atoms with Gasteiger partial charge in [-0.1, -0.05) is 13.8 Å². The Morgan fingerprint density at radius 1 is 1.39 bits per heavy atom. The molecule has 1 aliphatic rings. The summed E-state index contributed by atoms with van der Waals surface area (Å²) in [6.07, 6.45) is -0.156. The largest absolute Gasteiger partial charge is 0.480 e. The minimum atomic E-state index is -1.09. The highest BCUT2D eigenvalue weighted by Gasteiger charge is 2.43. The molecule has 1 N–H and O–H groups in total. The fourth-order valence-corrected chi connectivity index (χ4v) is 2.03. The van der Waals surface area contributed by atoms with Gasteiger partial charge in [-0.25, -0.2) is 4.79 Å². The molecule has 0 unspecified atom stereocenters. The van der Waals surface area contributed by atoms with Crippen molar-refractivity contribution >= 4 is 17.7 Å². The molecule has 1 rings (SSSR count). The molecule has 1 fully saturated rings. The van der Waals surface area contributed by atoms with Gasteiger partial charge in [0.1, 0.15) is 6.61 Å². The van der Waals surface area contributed by atoms with Crippen molar-refractivity contribution in [1.29, 1.82) is 0 Å². The van der Waals surface area contributed by atoms with Crippen molar-refractivity contribution in [2.24, 2.45) is 5.92 Å². The van der Waals surface area contributed by atoms with Crippen LogP contribution >= 0.6 is 0 Å². The lowest BCUT2D eigenvalue weighted by molar-refractivity contribution is -0.154. The second-order valence-corrected chi connectivity index (χ2v) is 4.81. The Bertz CT molecular complexity index is 352. The van der Waals surface area contributed by atoms with E-state index in [0.29, 0.717) is 13.0 Å². The first kappa shape index (κ1) is 14.6. The molecule has 0 saturated carbocycles. The molecule has 1 saturated heterocycles. The molecule has 2 atom stereocenters. The van der Waals surface area contributed by atoms with Crippen LogP contribution in [0.2, 0.25) is 0 Å². The normalized spacial score (nSPS) is 23.4. The van der Waals surface area contributed by atoms with E-state index < -0.39 is 18.1 Å². The van der Waals surface area contributed by atoms with Crippen molar-refractivity contribution in [3.63, 3.8) is 0 Å². The van der Waals surface area contributed by atoms with Gasteiger partial charge >= 0.3 is 5.97 Å². The summed E-state index contributed by atoms with van der Waals surface area (Å²) in [4.78, 5) is 35.3. The molecule has 0 bridgehead atoms. The predicted molar refractivity (Wildman–Crippen MR) is 63.0 cm³/mol. The van der Waals surface area contributed by atoms with Crippen molar-refractivity contribution in [2.75, 3.05) is 13.2 Å². The molecule has 18 heavy (non-hydrogen) atoms. The van der Waals surface area contributed by atoms with Crippen LogP contribution in [0.5, 0.6) is 0 Å². The van der Waals surface area contributed by atoms with Gasteiger partial charge in [0.15, 0.2) is 11.8 Å². The monoisotopic (exact) mass is 257 g/mol. The molecule has 102 valence electrons. The first-order chi connectivity index (χ1) is 8.34. The second-order valence-electron chi connectivity index (χ2n) is 4.81. The van der Waals surface area contributed by atoms with E-state index in [1.807, 2.05) is 0 Å². The molecule has 1 amide bonds. The zero-order chi connectivity index (χ0) is 13.9. The number of aliphatic carboxylic acids is 1. The molecule has 6 heteroatoms. The van der Waals surface area contributed by atoms with Crippen molar-refractivity contribution in [2.45, 2.75) is 39.3 Å². The van der Waals surface area contributed by atoms with Crippen LogP contribution in [-0.4, -0.2) is 53.0 Å². The standard InChI is InChI=1S/C12H19NO5/c1-7(2)11(15)13-5-4-9(10(13)12(16)17)18-6-8(3)14/h7,9-10H,4-6H2,1-3H3,(H,16,17)/t9-,10-/m0/s1. The van der Waals surface area contributed by atoms with Gasteiger partial charge < -0.3 is 14.7 Å². The molecule has 1 aliphatic heterocycles. The number of ketones is 1. The first-order valence-electron chi connectivity index (χ1n) is 5.99. The van der Waals surface area contributed by atoms with Crippen LogP contribution in [0.1, 0.15) is 27.2 Å². The predicted octanol–water partition coefficient (Wildman–Crippen LogP) is 0.302. The SMILES string of the molecule is CC(=O)CO[C@H]1CCN(C(=O)C(C)C)[C@@H]1C(=O)O. The number of hydrogen-bond acceptors (Lipinski definition) is 4. The van der Waals surface area contributed by atoms with Crippen molar-refractivity contribution in [1.82, 2.24) is 4.90 Å². The highest BCUT2D eigenvalue weighted by atomic mass is 16.5. The third kappa shape index (κ3) is 3.29. The van der Waals surface area contributed by atoms with Gasteiger partial charge in [0, 0.05) is 12.5 Å². The molecular formula is C12H19NO5. The van der Waals surface area contributed by atoms with E-state index in [1.165, 1.54) is 11.8 Å². The number of amides is 1. The van der Waals surface area contributed by atoms with Gasteiger partial charge in [0.25, 0.3) is 0 Å². The quantitative estimate of drug-likeness (QED) is 0.766. The minimum Gasteiger partial charge on any atom is -0.480 e. The highest BCUT2D eigenvalue weighted by molar-refractivity contribution is 5.86. The summed E-state index contributed by atoms with van der Waals surface area (Å²) >= 11 is 0. The van der Waals surface area contributed by atoms with Crippen LogP contribution in [0.3, 0.4) is 0 Å². The Morgan fingerprint density at radius 2 is 2.00 bits per heavy atom. The van der Waals surface area contributed by atoms with Crippen molar-refractivity contribution < 1.29 is 24.2 Å². The average Bonchev–Trinajstić information content (AvgIpc) is 2.68. The van der Waals surface area contributed by atoms with Gasteiger partial charge in [-0.15, -0.1) is 0 Å². The average molecular weight is 257 g/mol. The Morgan fingerprint density at radius 3 is 2.44 bits per heavy atom. The molecule has 0 aliphatic carbocycles. The van der Waals surface area contributed by atoms with Crippen LogP contribution in [0, 0.1) is 5.92 Å². The molecule has 1 heterocycles. The van der Waals surface area contributed by atoms with E-state index >= 15 is 0 Å². The van der Waals surface area contributed by atoms with Gasteiger partial charge in [-0.05, 0) is 13.3 Å². The van der Waals surface area contributed by atoms with Crippen LogP contribution in [0.4, 0.5) is 0 Å². The molecule has 0 aromatic heterocycles. The lowest BCUT2D eigenvalue weighted by Gasteiger charge is -2.25. The molecule has 6 nitrogen and oxygen atoms in total. The number of carboxylic acid groups (broad SMARTS) is 1. The van der Waals surface area contributed by atoms with Crippen LogP contribution in [0.25, 0.3) is 0 Å². The Kier molecular flexibility index (Phi) is 4.84. The van der Waals surface area contributed by atoms with Crippen molar-refractivity contribution in [3.8, 4) is 0 Å². The number of likely N-dealkylation sites (tertiary alicyclic amines) is 1. The summed E-state index contributed by atoms with van der Waals surface area (Å²) in [6.45, 7) is 5.08. The number of rotatable bonds is 5. The maximum absolute atomic E-state index is 11.9. The molecule has 0 aromatic carbocycles. The van der Waals surface area contributed by atoms with Crippen molar-refractivity contribution in [3.05, 3.63) is 0 Å². The third-order valence-electron chi connectivity index (χ3n) is 2.87. The molecular weight excluding hydrogens is 238 g/mol. The maximum Gasteiger partial charge on any atom is 0.329 e. The smallest absolute Gasteiger partial charge is 0.329 e. The van der Waals surface area contributed by atoms with Gasteiger partial charge in [0.05, 0.1) is 6.10 Å². The number of carbonyl (C=O) groups is 3. The number of Topliss-reactive ketones (excluding diaryl/α,β-unsaturated/α-hetero) is 1. The minimum absolute atomic E-state index is 0.113. The van der Waals surface area contributed by atoms with E-state index in [2.05, 4.69) is 0 Å². The summed E-state index contributed by atoms with van der Waals surface area (Å²) < 4.78 is 5.27. The second kappa shape index (κ2) is 5.95. The van der Waals surface area contributed by atoms with E-state index in [4.69, 9.17) is 4.74 Å². The topological polar surface area (TPSA) is 83.9 Å². The maximum atomic E-state index is 11.9. The Hall–Kier alpha value is -1.43. The highest BCUT2D eigenvalue weighted by Crippen LogP contribution is 2.23. The summed E-state index contributed by atoms with van der Waals surface area (Å²) in [7, 11) is 0. The fraction of sp³-hybridized carbons (Fsp3) is 0.750. The van der Waals surface area contributed by atoms with Gasteiger partial charge in [-0.3, -0.25) is 9.59 Å². The third-order valence-corrected chi connectivity index (χ3v) is 2.87. The Balaban J connectivity index is 2.75. The van der Waals surface area contributed by atoms with Crippen LogP contribution < -0.4 is 0 Å².